The minimum Gasteiger partial charge on any atom is -0.370 e. The summed E-state index contributed by atoms with van der Waals surface area (Å²) in [6.07, 6.45) is 0.795. The highest BCUT2D eigenvalue weighted by Crippen LogP contribution is 2.20. The van der Waals surface area contributed by atoms with E-state index < -0.39 is 0 Å². The molecule has 3 rings (SSSR count). The number of halogens is 1. The molecule has 0 spiro atoms. The van der Waals surface area contributed by atoms with Gasteiger partial charge in [0.25, 0.3) is 0 Å². The second-order valence-electron chi connectivity index (χ2n) is 6.46. The summed E-state index contributed by atoms with van der Waals surface area (Å²) in [5.74, 6) is 1.13. The second kappa shape index (κ2) is 7.95. The number of nitrogens with one attached hydrogen (secondary N) is 2. The van der Waals surface area contributed by atoms with Crippen LogP contribution in [0.15, 0.2) is 48.5 Å². The van der Waals surface area contributed by atoms with Crippen molar-refractivity contribution in [2.75, 3.05) is 17.2 Å². The van der Waals surface area contributed by atoms with Gasteiger partial charge in [0, 0.05) is 24.0 Å². The molecular formula is C21H23FN4. The average Bonchev–Trinajstić information content (AvgIpc) is 2.59. The van der Waals surface area contributed by atoms with Gasteiger partial charge in [-0.05, 0) is 56.5 Å². The molecule has 0 aliphatic carbocycles. The fourth-order valence-electron chi connectivity index (χ4n) is 2.78. The van der Waals surface area contributed by atoms with Crippen molar-refractivity contribution < 1.29 is 4.39 Å². The molecule has 0 saturated heterocycles. The van der Waals surface area contributed by atoms with E-state index in [4.69, 9.17) is 0 Å². The van der Waals surface area contributed by atoms with E-state index in [1.165, 1.54) is 17.7 Å². The normalized spacial score (nSPS) is 10.6. The number of aryl methyl sites for hydroxylation is 3. The van der Waals surface area contributed by atoms with E-state index in [-0.39, 0.29) is 5.82 Å². The molecule has 26 heavy (non-hydrogen) atoms. The van der Waals surface area contributed by atoms with Crippen LogP contribution in [0.5, 0.6) is 0 Å². The van der Waals surface area contributed by atoms with Crippen molar-refractivity contribution in [2.24, 2.45) is 0 Å². The van der Waals surface area contributed by atoms with Crippen molar-refractivity contribution in [2.45, 2.75) is 27.2 Å². The highest BCUT2D eigenvalue weighted by atomic mass is 19.1. The summed E-state index contributed by atoms with van der Waals surface area (Å²) in [6.45, 7) is 6.79. The molecular weight excluding hydrogens is 327 g/mol. The van der Waals surface area contributed by atoms with E-state index in [1.54, 1.807) is 12.1 Å². The third kappa shape index (κ3) is 4.79. The Hall–Kier alpha value is -2.95. The SMILES string of the molecule is Cc1ccc(Nc2nc(C)cc(NCCc3ccc(F)cc3)n2)c(C)c1. The van der Waals surface area contributed by atoms with Crippen LogP contribution < -0.4 is 10.6 Å². The summed E-state index contributed by atoms with van der Waals surface area (Å²) >= 11 is 0. The maximum atomic E-state index is 13.0. The standard InChI is InChI=1S/C21H23FN4/c1-14-4-9-19(15(2)12-14)25-21-24-16(3)13-20(26-21)23-11-10-17-5-7-18(22)8-6-17/h4-9,12-13H,10-11H2,1-3H3,(H2,23,24,25,26). The van der Waals surface area contributed by atoms with Gasteiger partial charge in [-0.2, -0.15) is 4.98 Å². The average molecular weight is 350 g/mol. The lowest BCUT2D eigenvalue weighted by atomic mass is 10.1. The molecule has 5 heteroatoms. The van der Waals surface area contributed by atoms with Gasteiger partial charge in [0.15, 0.2) is 0 Å². The summed E-state index contributed by atoms with van der Waals surface area (Å²) < 4.78 is 13.0. The van der Waals surface area contributed by atoms with Gasteiger partial charge in [0.05, 0.1) is 0 Å². The van der Waals surface area contributed by atoms with E-state index in [1.807, 2.05) is 19.1 Å². The minimum atomic E-state index is -0.213. The molecule has 0 saturated carbocycles. The Morgan fingerprint density at radius 3 is 2.42 bits per heavy atom. The van der Waals surface area contributed by atoms with Crippen LogP contribution in [-0.4, -0.2) is 16.5 Å². The van der Waals surface area contributed by atoms with Crippen LogP contribution in [0.2, 0.25) is 0 Å². The van der Waals surface area contributed by atoms with Crippen molar-refractivity contribution in [1.82, 2.24) is 9.97 Å². The molecule has 0 unspecified atom stereocenters. The van der Waals surface area contributed by atoms with Crippen LogP contribution in [0.3, 0.4) is 0 Å². The zero-order chi connectivity index (χ0) is 18.5. The molecule has 0 amide bonds. The van der Waals surface area contributed by atoms with Crippen LogP contribution in [0.4, 0.5) is 21.8 Å². The van der Waals surface area contributed by atoms with Gasteiger partial charge in [0.2, 0.25) is 5.95 Å². The minimum absolute atomic E-state index is 0.213. The lowest BCUT2D eigenvalue weighted by molar-refractivity contribution is 0.627. The molecule has 134 valence electrons. The molecule has 0 aliphatic heterocycles. The highest BCUT2D eigenvalue weighted by molar-refractivity contribution is 5.60. The number of hydrogen-bond donors (Lipinski definition) is 2. The number of aromatic nitrogens is 2. The number of rotatable bonds is 6. The number of benzene rings is 2. The monoisotopic (exact) mass is 350 g/mol. The van der Waals surface area contributed by atoms with E-state index in [9.17, 15) is 4.39 Å². The first-order valence-electron chi connectivity index (χ1n) is 8.68. The second-order valence-corrected chi connectivity index (χ2v) is 6.46. The fraction of sp³-hybridized carbons (Fsp3) is 0.238. The van der Waals surface area contributed by atoms with Gasteiger partial charge in [0.1, 0.15) is 11.6 Å². The highest BCUT2D eigenvalue weighted by Gasteiger charge is 2.05. The third-order valence-electron chi connectivity index (χ3n) is 4.12. The lowest BCUT2D eigenvalue weighted by Gasteiger charge is -2.12. The van der Waals surface area contributed by atoms with E-state index in [2.05, 4.69) is 46.6 Å². The predicted molar refractivity (Wildman–Crippen MR) is 105 cm³/mol. The van der Waals surface area contributed by atoms with Gasteiger partial charge in [-0.25, -0.2) is 9.37 Å². The summed E-state index contributed by atoms with van der Waals surface area (Å²) in [7, 11) is 0. The predicted octanol–water partition coefficient (Wildman–Crippen LogP) is 4.94. The Balaban J connectivity index is 1.66. The van der Waals surface area contributed by atoms with Gasteiger partial charge >= 0.3 is 0 Å². The van der Waals surface area contributed by atoms with Crippen LogP contribution >= 0.6 is 0 Å². The first-order chi connectivity index (χ1) is 12.5. The quantitative estimate of drug-likeness (QED) is 0.661. The molecule has 1 heterocycles. The topological polar surface area (TPSA) is 49.8 Å². The summed E-state index contributed by atoms with van der Waals surface area (Å²) in [5, 5.41) is 6.60. The third-order valence-corrected chi connectivity index (χ3v) is 4.12. The van der Waals surface area contributed by atoms with Crippen molar-refractivity contribution >= 4 is 17.5 Å². The number of anilines is 3. The summed E-state index contributed by atoms with van der Waals surface area (Å²) in [6, 6.07) is 14.7. The first kappa shape index (κ1) is 17.9. The molecule has 0 aliphatic rings. The first-order valence-corrected chi connectivity index (χ1v) is 8.68. The van der Waals surface area contributed by atoms with Crippen LogP contribution in [0.25, 0.3) is 0 Å². The molecule has 1 aromatic heterocycles. The molecule has 0 radical (unpaired) electrons. The smallest absolute Gasteiger partial charge is 0.229 e. The van der Waals surface area contributed by atoms with Crippen LogP contribution in [-0.2, 0) is 6.42 Å². The zero-order valence-electron chi connectivity index (χ0n) is 15.3. The van der Waals surface area contributed by atoms with E-state index >= 15 is 0 Å². The molecule has 0 fully saturated rings. The Morgan fingerprint density at radius 2 is 1.69 bits per heavy atom. The Labute approximate surface area is 153 Å². The fourth-order valence-corrected chi connectivity index (χ4v) is 2.78. The van der Waals surface area contributed by atoms with Gasteiger partial charge in [-0.15, -0.1) is 0 Å². The zero-order valence-corrected chi connectivity index (χ0v) is 15.3. The summed E-state index contributed by atoms with van der Waals surface area (Å²) in [5.41, 5.74) is 5.34. The van der Waals surface area contributed by atoms with Gasteiger partial charge in [-0.1, -0.05) is 29.8 Å². The largest absolute Gasteiger partial charge is 0.370 e. The van der Waals surface area contributed by atoms with E-state index in [0.717, 1.165) is 34.7 Å². The van der Waals surface area contributed by atoms with Crippen molar-refractivity contribution in [3.8, 4) is 0 Å². The van der Waals surface area contributed by atoms with E-state index in [0.29, 0.717) is 12.5 Å². The Morgan fingerprint density at radius 1 is 0.923 bits per heavy atom. The van der Waals surface area contributed by atoms with Crippen LogP contribution in [0, 0.1) is 26.6 Å². The van der Waals surface area contributed by atoms with Gasteiger partial charge in [-0.3, -0.25) is 0 Å². The molecule has 0 atom stereocenters. The number of hydrogen-bond acceptors (Lipinski definition) is 4. The Bertz CT molecular complexity index is 891. The van der Waals surface area contributed by atoms with Crippen molar-refractivity contribution in [3.05, 3.63) is 76.7 Å². The van der Waals surface area contributed by atoms with Gasteiger partial charge < -0.3 is 10.6 Å². The molecule has 0 bridgehead atoms. The van der Waals surface area contributed by atoms with Crippen molar-refractivity contribution in [1.29, 1.82) is 0 Å². The molecule has 4 nitrogen and oxygen atoms in total. The molecule has 2 aromatic carbocycles. The number of nitrogens with zero attached hydrogens (tertiary/aromatic N) is 2. The molecule has 2 N–H and O–H groups in total. The lowest BCUT2D eigenvalue weighted by Crippen LogP contribution is -2.09. The van der Waals surface area contributed by atoms with Crippen molar-refractivity contribution in [3.63, 3.8) is 0 Å². The maximum Gasteiger partial charge on any atom is 0.229 e. The van der Waals surface area contributed by atoms with Crippen LogP contribution in [0.1, 0.15) is 22.4 Å². The summed E-state index contributed by atoms with van der Waals surface area (Å²) in [4.78, 5) is 9.01. The molecule has 3 aromatic rings. The Kier molecular flexibility index (Phi) is 5.46. The maximum absolute atomic E-state index is 13.0.